The number of halogens is 3. The third-order valence-corrected chi connectivity index (χ3v) is 8.16. The first-order valence-corrected chi connectivity index (χ1v) is 15.1. The zero-order chi connectivity index (χ0) is 30.3. The van der Waals surface area contributed by atoms with Crippen molar-refractivity contribution >= 4 is 21.8 Å². The Bertz CT molecular complexity index is 1420. The molecule has 1 fully saturated rings. The number of terminal acetylenes is 1. The number of aliphatic hydroxyl groups excluding tert-OH is 1. The maximum absolute atomic E-state index is 14.0. The molecule has 2 atom stereocenters. The van der Waals surface area contributed by atoms with Crippen molar-refractivity contribution < 1.29 is 18.7 Å². The van der Waals surface area contributed by atoms with Crippen LogP contribution in [-0.2, 0) is 18.5 Å². The summed E-state index contributed by atoms with van der Waals surface area (Å²) in [6.45, 7) is 3.94. The number of aliphatic hydroxyl groups is 1. The molecular formula is C34H38BrF2N3O2. The Morgan fingerprint density at radius 1 is 1.12 bits per heavy atom. The van der Waals surface area contributed by atoms with Crippen LogP contribution in [0.1, 0.15) is 65.2 Å². The smallest absolute Gasteiger partial charge is 0.251 e. The molecule has 2 unspecified atom stereocenters. The minimum atomic E-state index is -1.04. The highest BCUT2D eigenvalue weighted by molar-refractivity contribution is 9.10. The van der Waals surface area contributed by atoms with E-state index < -0.39 is 23.8 Å². The van der Waals surface area contributed by atoms with Crippen LogP contribution in [0.5, 0.6) is 0 Å². The van der Waals surface area contributed by atoms with E-state index in [1.807, 2.05) is 43.4 Å². The van der Waals surface area contributed by atoms with E-state index in [1.165, 1.54) is 12.1 Å². The quantitative estimate of drug-likeness (QED) is 0.192. The standard InChI is InChI=1S/C34H38BrF2N3O2/c1-4-6-12-40(3)22-25-13-26(19-28(35)15-25)33(42)39-31(18-24-16-29(36)20-30(37)17-24)32(41)21-38-34(10-11-34)27-9-7-8-23(5-2)14-27/h2,7-9,13-17,19-20,31-32,38,41H,4,6,10-12,18,21-22H2,1,3H3,(H,39,42). The van der Waals surface area contributed by atoms with E-state index in [1.54, 1.807) is 6.07 Å². The van der Waals surface area contributed by atoms with Crippen molar-refractivity contribution in [2.75, 3.05) is 20.1 Å². The molecule has 0 heterocycles. The summed E-state index contributed by atoms with van der Waals surface area (Å²) in [5.74, 6) is 0.859. The molecule has 0 aromatic heterocycles. The Kier molecular flexibility index (Phi) is 10.9. The van der Waals surface area contributed by atoms with Gasteiger partial charge in [-0.15, -0.1) is 6.42 Å². The zero-order valence-corrected chi connectivity index (χ0v) is 25.7. The van der Waals surface area contributed by atoms with Crippen molar-refractivity contribution in [3.8, 4) is 12.3 Å². The lowest BCUT2D eigenvalue weighted by molar-refractivity contribution is 0.0821. The van der Waals surface area contributed by atoms with Crippen molar-refractivity contribution in [2.45, 2.75) is 63.3 Å². The number of rotatable bonds is 14. The summed E-state index contributed by atoms with van der Waals surface area (Å²) in [4.78, 5) is 15.7. The van der Waals surface area contributed by atoms with Crippen molar-refractivity contribution in [2.24, 2.45) is 0 Å². The SMILES string of the molecule is C#Cc1cccc(C2(NCC(O)C(Cc3cc(F)cc(F)c3)NC(=O)c3cc(Br)cc(CN(C)CCCC)c3)CC2)c1. The first-order chi connectivity index (χ1) is 20.1. The number of unbranched alkanes of at least 4 members (excludes halogenated alkanes) is 1. The Morgan fingerprint density at radius 2 is 1.86 bits per heavy atom. The predicted octanol–water partition coefficient (Wildman–Crippen LogP) is 5.92. The molecule has 1 amide bonds. The minimum Gasteiger partial charge on any atom is -0.390 e. The summed E-state index contributed by atoms with van der Waals surface area (Å²) in [5, 5.41) is 17.7. The molecule has 4 rings (SSSR count). The van der Waals surface area contributed by atoms with Crippen LogP contribution in [0.25, 0.3) is 0 Å². The van der Waals surface area contributed by atoms with Crippen LogP contribution in [0, 0.1) is 24.0 Å². The van der Waals surface area contributed by atoms with E-state index in [9.17, 15) is 18.7 Å². The Hall–Kier alpha value is -3.09. The molecule has 0 spiro atoms. The maximum atomic E-state index is 14.0. The molecular weight excluding hydrogens is 600 g/mol. The number of nitrogens with zero attached hydrogens (tertiary/aromatic N) is 1. The van der Waals surface area contributed by atoms with E-state index in [-0.39, 0.29) is 24.4 Å². The van der Waals surface area contributed by atoms with Gasteiger partial charge in [0.25, 0.3) is 5.91 Å². The van der Waals surface area contributed by atoms with Gasteiger partial charge in [0.1, 0.15) is 11.6 Å². The van der Waals surface area contributed by atoms with Crippen molar-refractivity contribution in [3.05, 3.63) is 105 Å². The highest BCUT2D eigenvalue weighted by Crippen LogP contribution is 2.45. The van der Waals surface area contributed by atoms with Gasteiger partial charge < -0.3 is 20.6 Å². The lowest BCUT2D eigenvalue weighted by atomic mass is 9.98. The molecule has 8 heteroatoms. The first kappa shape index (κ1) is 31.8. The van der Waals surface area contributed by atoms with Gasteiger partial charge in [-0.25, -0.2) is 8.78 Å². The Morgan fingerprint density at radius 3 is 2.52 bits per heavy atom. The van der Waals surface area contributed by atoms with E-state index in [2.05, 4.69) is 44.3 Å². The van der Waals surface area contributed by atoms with Crippen LogP contribution in [-0.4, -0.2) is 48.2 Å². The number of benzene rings is 3. The number of amides is 1. The summed E-state index contributed by atoms with van der Waals surface area (Å²) >= 11 is 3.52. The van der Waals surface area contributed by atoms with Crippen LogP contribution in [0.4, 0.5) is 8.78 Å². The molecule has 0 aliphatic heterocycles. The number of hydrogen-bond acceptors (Lipinski definition) is 4. The molecule has 1 aliphatic carbocycles. The molecule has 42 heavy (non-hydrogen) atoms. The predicted molar refractivity (Wildman–Crippen MR) is 166 cm³/mol. The molecule has 5 nitrogen and oxygen atoms in total. The van der Waals surface area contributed by atoms with Gasteiger partial charge in [0.05, 0.1) is 12.1 Å². The van der Waals surface area contributed by atoms with Crippen molar-refractivity contribution in [1.29, 1.82) is 0 Å². The van der Waals surface area contributed by atoms with E-state index in [4.69, 9.17) is 6.42 Å². The molecule has 0 bridgehead atoms. The number of carbonyl (C=O) groups is 1. The van der Waals surface area contributed by atoms with Crippen LogP contribution >= 0.6 is 15.9 Å². The summed E-state index contributed by atoms with van der Waals surface area (Å²) in [6, 6.07) is 15.7. The molecule has 3 N–H and O–H groups in total. The highest BCUT2D eigenvalue weighted by Gasteiger charge is 2.44. The average molecular weight is 639 g/mol. The van der Waals surface area contributed by atoms with Gasteiger partial charge in [-0.3, -0.25) is 4.79 Å². The molecule has 1 saturated carbocycles. The van der Waals surface area contributed by atoms with E-state index in [0.717, 1.165) is 59.5 Å². The monoisotopic (exact) mass is 637 g/mol. The van der Waals surface area contributed by atoms with Gasteiger partial charge in [-0.1, -0.05) is 47.3 Å². The molecule has 222 valence electrons. The lowest BCUT2D eigenvalue weighted by Gasteiger charge is -2.27. The molecule has 0 saturated heterocycles. The summed E-state index contributed by atoms with van der Waals surface area (Å²) in [5.41, 5.74) is 3.27. The second kappa shape index (κ2) is 14.4. The molecule has 1 aliphatic rings. The van der Waals surface area contributed by atoms with Gasteiger partial charge in [0.15, 0.2) is 0 Å². The first-order valence-electron chi connectivity index (χ1n) is 14.3. The van der Waals surface area contributed by atoms with Crippen LogP contribution in [0.2, 0.25) is 0 Å². The average Bonchev–Trinajstić information content (AvgIpc) is 3.75. The highest BCUT2D eigenvalue weighted by atomic mass is 79.9. The summed E-state index contributed by atoms with van der Waals surface area (Å²) in [7, 11) is 2.04. The van der Waals surface area contributed by atoms with Crippen LogP contribution < -0.4 is 10.6 Å². The topological polar surface area (TPSA) is 64.6 Å². The van der Waals surface area contributed by atoms with Crippen LogP contribution in [0.3, 0.4) is 0 Å². The normalized spacial score (nSPS) is 15.2. The zero-order valence-electron chi connectivity index (χ0n) is 24.1. The maximum Gasteiger partial charge on any atom is 0.251 e. The van der Waals surface area contributed by atoms with E-state index >= 15 is 0 Å². The molecule has 0 radical (unpaired) electrons. The van der Waals surface area contributed by atoms with Gasteiger partial charge in [-0.05, 0) is 98.4 Å². The second-order valence-electron chi connectivity index (χ2n) is 11.3. The number of carbonyl (C=O) groups excluding carboxylic acids is 1. The van der Waals surface area contributed by atoms with Crippen molar-refractivity contribution in [1.82, 2.24) is 15.5 Å². The Balaban J connectivity index is 1.52. The summed E-state index contributed by atoms with van der Waals surface area (Å²) < 4.78 is 28.8. The fourth-order valence-corrected chi connectivity index (χ4v) is 5.79. The number of nitrogens with one attached hydrogen (secondary N) is 2. The Labute approximate surface area is 255 Å². The fraction of sp³-hybridized carbons (Fsp3) is 0.382. The van der Waals surface area contributed by atoms with Crippen LogP contribution in [0.15, 0.2) is 65.1 Å². The van der Waals surface area contributed by atoms with Gasteiger partial charge >= 0.3 is 0 Å². The lowest BCUT2D eigenvalue weighted by Crippen LogP contribution is -2.50. The molecule has 3 aromatic carbocycles. The number of hydrogen-bond donors (Lipinski definition) is 3. The fourth-order valence-electron chi connectivity index (χ4n) is 5.25. The van der Waals surface area contributed by atoms with E-state index in [0.29, 0.717) is 17.7 Å². The third-order valence-electron chi connectivity index (χ3n) is 7.71. The summed E-state index contributed by atoms with van der Waals surface area (Å²) in [6.07, 6.45) is 8.54. The van der Waals surface area contributed by atoms with Gasteiger partial charge in [0, 0.05) is 40.3 Å². The minimum absolute atomic E-state index is 0.0451. The largest absolute Gasteiger partial charge is 0.390 e. The van der Waals surface area contributed by atoms with Gasteiger partial charge in [-0.2, -0.15) is 0 Å². The van der Waals surface area contributed by atoms with Crippen molar-refractivity contribution in [3.63, 3.8) is 0 Å². The van der Waals surface area contributed by atoms with Gasteiger partial charge in [0.2, 0.25) is 0 Å². The third kappa shape index (κ3) is 8.71. The molecule has 3 aromatic rings. The second-order valence-corrected chi connectivity index (χ2v) is 12.2.